The number of amides is 4. The SMILES string of the molecule is C[C@H]1CCCCN1C(=O)CN1C(=O)N[C@@](C)(c2cccc(C#N)c2)C1=O. The first-order valence-corrected chi connectivity index (χ1v) is 8.81. The molecule has 0 radical (unpaired) electrons. The Morgan fingerprint density at radius 3 is 2.85 bits per heavy atom. The third-order valence-corrected chi connectivity index (χ3v) is 5.26. The summed E-state index contributed by atoms with van der Waals surface area (Å²) in [5.74, 6) is -0.689. The van der Waals surface area contributed by atoms with Gasteiger partial charge < -0.3 is 10.2 Å². The standard InChI is InChI=1S/C19H22N4O3/c1-13-6-3-4-9-22(13)16(24)12-23-17(25)19(2,21-18(23)26)15-8-5-7-14(10-15)11-20/h5,7-8,10,13H,3-4,6,9,12H2,1-2H3,(H,21,26)/t13-,19-/m0/s1. The van der Waals surface area contributed by atoms with Crippen LogP contribution in [0.15, 0.2) is 24.3 Å². The Morgan fingerprint density at radius 2 is 2.15 bits per heavy atom. The first-order valence-electron chi connectivity index (χ1n) is 8.81. The number of urea groups is 1. The van der Waals surface area contributed by atoms with Crippen LogP contribution in [0.25, 0.3) is 0 Å². The van der Waals surface area contributed by atoms with Crippen LogP contribution in [0.5, 0.6) is 0 Å². The zero-order valence-electron chi connectivity index (χ0n) is 15.0. The topological polar surface area (TPSA) is 93.5 Å². The maximum absolute atomic E-state index is 12.9. The van der Waals surface area contributed by atoms with Gasteiger partial charge in [-0.3, -0.25) is 14.5 Å². The number of carbonyl (C=O) groups excluding carboxylic acids is 3. The summed E-state index contributed by atoms with van der Waals surface area (Å²) in [4.78, 5) is 40.6. The van der Waals surface area contributed by atoms with Crippen molar-refractivity contribution in [1.29, 1.82) is 5.26 Å². The fourth-order valence-corrected chi connectivity index (χ4v) is 3.63. The van der Waals surface area contributed by atoms with Crippen LogP contribution in [0.4, 0.5) is 4.79 Å². The third-order valence-electron chi connectivity index (χ3n) is 5.26. The lowest BCUT2D eigenvalue weighted by molar-refractivity contribution is -0.140. The largest absolute Gasteiger partial charge is 0.338 e. The molecule has 0 aromatic heterocycles. The van der Waals surface area contributed by atoms with Crippen molar-refractivity contribution in [1.82, 2.24) is 15.1 Å². The Hall–Kier alpha value is -2.88. The van der Waals surface area contributed by atoms with Crippen LogP contribution < -0.4 is 5.32 Å². The molecule has 7 heteroatoms. The number of nitrogens with zero attached hydrogens (tertiary/aromatic N) is 3. The van der Waals surface area contributed by atoms with Gasteiger partial charge in [0.2, 0.25) is 5.91 Å². The number of imide groups is 1. The highest BCUT2D eigenvalue weighted by molar-refractivity contribution is 6.09. The molecular weight excluding hydrogens is 332 g/mol. The first kappa shape index (κ1) is 17.9. The van der Waals surface area contributed by atoms with Gasteiger partial charge in [0.15, 0.2) is 0 Å². The molecule has 3 rings (SSSR count). The van der Waals surface area contributed by atoms with Crippen LogP contribution in [-0.2, 0) is 15.1 Å². The van der Waals surface area contributed by atoms with E-state index in [0.29, 0.717) is 17.7 Å². The lowest BCUT2D eigenvalue weighted by atomic mass is 9.91. The third kappa shape index (κ3) is 3.03. The average molecular weight is 354 g/mol. The molecule has 136 valence electrons. The molecule has 2 heterocycles. The highest BCUT2D eigenvalue weighted by Crippen LogP contribution is 2.29. The van der Waals surface area contributed by atoms with Gasteiger partial charge in [-0.05, 0) is 50.8 Å². The van der Waals surface area contributed by atoms with Gasteiger partial charge in [0, 0.05) is 12.6 Å². The summed E-state index contributed by atoms with van der Waals surface area (Å²) in [6.07, 6.45) is 2.96. The second-order valence-corrected chi connectivity index (χ2v) is 7.07. The fourth-order valence-electron chi connectivity index (χ4n) is 3.63. The van der Waals surface area contributed by atoms with Crippen LogP contribution in [-0.4, -0.2) is 46.8 Å². The molecule has 1 N–H and O–H groups in total. The van der Waals surface area contributed by atoms with Gasteiger partial charge in [0.1, 0.15) is 12.1 Å². The number of benzene rings is 1. The Kier molecular flexibility index (Phi) is 4.68. The molecule has 1 aromatic carbocycles. The molecule has 2 aliphatic rings. The molecule has 7 nitrogen and oxygen atoms in total. The predicted molar refractivity (Wildman–Crippen MR) is 93.8 cm³/mol. The minimum atomic E-state index is -1.28. The van der Waals surface area contributed by atoms with E-state index in [1.807, 2.05) is 13.0 Å². The molecule has 2 saturated heterocycles. The molecule has 1 aromatic rings. The van der Waals surface area contributed by atoms with Crippen LogP contribution in [0.3, 0.4) is 0 Å². The number of hydrogen-bond acceptors (Lipinski definition) is 4. The zero-order valence-corrected chi connectivity index (χ0v) is 15.0. The maximum Gasteiger partial charge on any atom is 0.325 e. The van der Waals surface area contributed by atoms with Crippen molar-refractivity contribution in [2.45, 2.75) is 44.7 Å². The Morgan fingerprint density at radius 1 is 1.38 bits per heavy atom. The second kappa shape index (κ2) is 6.79. The van der Waals surface area contributed by atoms with Crippen molar-refractivity contribution in [3.05, 3.63) is 35.4 Å². The fraction of sp³-hybridized carbons (Fsp3) is 0.474. The molecule has 0 aliphatic carbocycles. The van der Waals surface area contributed by atoms with Crippen LogP contribution in [0.2, 0.25) is 0 Å². The van der Waals surface area contributed by atoms with Gasteiger partial charge in [-0.2, -0.15) is 5.26 Å². The predicted octanol–water partition coefficient (Wildman–Crippen LogP) is 1.73. The summed E-state index contributed by atoms with van der Waals surface area (Å²) in [6.45, 7) is 3.98. The van der Waals surface area contributed by atoms with E-state index < -0.39 is 17.5 Å². The van der Waals surface area contributed by atoms with Crippen LogP contribution >= 0.6 is 0 Å². The minimum Gasteiger partial charge on any atom is -0.338 e. The Bertz CT molecular complexity index is 800. The number of likely N-dealkylation sites (tertiary alicyclic amines) is 1. The number of carbonyl (C=O) groups is 3. The summed E-state index contributed by atoms with van der Waals surface area (Å²) < 4.78 is 0. The summed E-state index contributed by atoms with van der Waals surface area (Å²) in [5, 5.41) is 11.7. The summed E-state index contributed by atoms with van der Waals surface area (Å²) in [7, 11) is 0. The highest BCUT2D eigenvalue weighted by Gasteiger charge is 2.50. The van der Waals surface area contributed by atoms with Crippen LogP contribution in [0.1, 0.15) is 44.2 Å². The quantitative estimate of drug-likeness (QED) is 0.837. The molecule has 0 unspecified atom stereocenters. The molecule has 0 bridgehead atoms. The number of hydrogen-bond donors (Lipinski definition) is 1. The molecule has 2 aliphatic heterocycles. The summed E-state index contributed by atoms with van der Waals surface area (Å²) >= 11 is 0. The molecule has 2 fully saturated rings. The van der Waals surface area contributed by atoms with Crippen molar-refractivity contribution in [2.75, 3.05) is 13.1 Å². The first-order chi connectivity index (χ1) is 12.4. The van der Waals surface area contributed by atoms with Crippen molar-refractivity contribution in [2.24, 2.45) is 0 Å². The van der Waals surface area contributed by atoms with Gasteiger partial charge in [-0.1, -0.05) is 12.1 Å². The summed E-state index contributed by atoms with van der Waals surface area (Å²) in [6, 6.07) is 8.13. The van der Waals surface area contributed by atoms with Crippen molar-refractivity contribution in [3.63, 3.8) is 0 Å². The maximum atomic E-state index is 12.9. The molecule has 0 spiro atoms. The van der Waals surface area contributed by atoms with E-state index in [2.05, 4.69) is 5.32 Å². The zero-order chi connectivity index (χ0) is 18.9. The van der Waals surface area contributed by atoms with E-state index >= 15 is 0 Å². The van der Waals surface area contributed by atoms with Gasteiger partial charge >= 0.3 is 6.03 Å². The molecule has 0 saturated carbocycles. The normalized spacial score (nSPS) is 25.8. The number of rotatable bonds is 3. The smallest absolute Gasteiger partial charge is 0.325 e. The van der Waals surface area contributed by atoms with E-state index in [1.165, 1.54) is 0 Å². The Balaban J connectivity index is 1.80. The average Bonchev–Trinajstić information content (AvgIpc) is 2.86. The van der Waals surface area contributed by atoms with E-state index in [0.717, 1.165) is 24.2 Å². The highest BCUT2D eigenvalue weighted by atomic mass is 16.2. The van der Waals surface area contributed by atoms with E-state index in [4.69, 9.17) is 5.26 Å². The van der Waals surface area contributed by atoms with Gasteiger partial charge in [0.05, 0.1) is 11.6 Å². The van der Waals surface area contributed by atoms with E-state index in [1.54, 1.807) is 36.1 Å². The molecule has 2 atom stereocenters. The lowest BCUT2D eigenvalue weighted by Crippen LogP contribution is -2.48. The van der Waals surface area contributed by atoms with E-state index in [9.17, 15) is 14.4 Å². The van der Waals surface area contributed by atoms with Crippen LogP contribution in [0, 0.1) is 11.3 Å². The van der Waals surface area contributed by atoms with Crippen molar-refractivity contribution >= 4 is 17.8 Å². The number of nitriles is 1. The summed E-state index contributed by atoms with van der Waals surface area (Å²) in [5.41, 5.74) is -0.351. The number of nitrogens with one attached hydrogen (secondary N) is 1. The van der Waals surface area contributed by atoms with Crippen molar-refractivity contribution < 1.29 is 14.4 Å². The molecular formula is C19H22N4O3. The molecule has 26 heavy (non-hydrogen) atoms. The minimum absolute atomic E-state index is 0.121. The second-order valence-electron chi connectivity index (χ2n) is 7.07. The van der Waals surface area contributed by atoms with Crippen molar-refractivity contribution in [3.8, 4) is 6.07 Å². The van der Waals surface area contributed by atoms with E-state index in [-0.39, 0.29) is 18.5 Å². The lowest BCUT2D eigenvalue weighted by Gasteiger charge is -2.34. The van der Waals surface area contributed by atoms with Gasteiger partial charge in [-0.25, -0.2) is 4.79 Å². The Labute approximate surface area is 152 Å². The number of piperidine rings is 1. The monoisotopic (exact) mass is 354 g/mol. The van der Waals surface area contributed by atoms with Gasteiger partial charge in [-0.15, -0.1) is 0 Å². The van der Waals surface area contributed by atoms with Gasteiger partial charge in [0.25, 0.3) is 5.91 Å². The molecule has 4 amide bonds.